The summed E-state index contributed by atoms with van der Waals surface area (Å²) in [5.74, 6) is 1.51. The number of amides is 1. The Hall–Kier alpha value is -3.62. The lowest BCUT2D eigenvalue weighted by Crippen LogP contribution is -2.34. The summed E-state index contributed by atoms with van der Waals surface area (Å²) < 4.78 is 13.2. The van der Waals surface area contributed by atoms with Crippen molar-refractivity contribution in [3.8, 4) is 22.9 Å². The van der Waals surface area contributed by atoms with E-state index in [1.165, 1.54) is 9.25 Å². The highest BCUT2D eigenvalue weighted by molar-refractivity contribution is 5.77. The van der Waals surface area contributed by atoms with Crippen molar-refractivity contribution in [3.63, 3.8) is 0 Å². The Balaban J connectivity index is 1.50. The molecule has 1 amide bonds. The first-order valence-electron chi connectivity index (χ1n) is 8.66. The molecule has 9 heteroatoms. The van der Waals surface area contributed by atoms with Crippen LogP contribution in [-0.4, -0.2) is 45.5 Å². The van der Waals surface area contributed by atoms with Crippen molar-refractivity contribution in [2.45, 2.75) is 6.54 Å². The molecule has 9 nitrogen and oxygen atoms in total. The number of carbonyl (C=O) groups excluding carboxylic acids is 1. The molecule has 2 aromatic heterocycles. The largest absolute Gasteiger partial charge is 0.497 e. The second kappa shape index (κ2) is 8.85. The molecular weight excluding hydrogens is 362 g/mol. The summed E-state index contributed by atoms with van der Waals surface area (Å²) in [6.07, 6.45) is 3.30. The van der Waals surface area contributed by atoms with E-state index in [0.29, 0.717) is 17.3 Å². The van der Waals surface area contributed by atoms with Crippen LogP contribution in [0.25, 0.3) is 11.4 Å². The minimum absolute atomic E-state index is 0.121. The van der Waals surface area contributed by atoms with Gasteiger partial charge in [-0.25, -0.2) is 9.48 Å². The summed E-state index contributed by atoms with van der Waals surface area (Å²) >= 11 is 0. The lowest BCUT2D eigenvalue weighted by molar-refractivity contribution is -0.123. The molecule has 0 aliphatic rings. The zero-order valence-electron chi connectivity index (χ0n) is 15.7. The van der Waals surface area contributed by atoms with E-state index in [2.05, 4.69) is 15.4 Å². The highest BCUT2D eigenvalue weighted by atomic mass is 16.5. The fourth-order valence-corrected chi connectivity index (χ4v) is 2.55. The molecule has 0 unspecified atom stereocenters. The van der Waals surface area contributed by atoms with Gasteiger partial charge in [0.2, 0.25) is 0 Å². The summed E-state index contributed by atoms with van der Waals surface area (Å²) in [5, 5.41) is 7.03. The van der Waals surface area contributed by atoms with Crippen LogP contribution in [0.4, 0.5) is 0 Å². The monoisotopic (exact) mass is 383 g/mol. The van der Waals surface area contributed by atoms with Gasteiger partial charge in [-0.3, -0.25) is 14.3 Å². The van der Waals surface area contributed by atoms with E-state index in [1.54, 1.807) is 56.9 Å². The lowest BCUT2D eigenvalue weighted by atomic mass is 10.3. The predicted molar refractivity (Wildman–Crippen MR) is 102 cm³/mol. The smallest absolute Gasteiger partial charge is 0.345 e. The number of methoxy groups -OCH3 is 1. The van der Waals surface area contributed by atoms with Crippen molar-refractivity contribution < 1.29 is 14.3 Å². The highest BCUT2D eigenvalue weighted by Crippen LogP contribution is 2.16. The Morgan fingerprint density at radius 3 is 2.61 bits per heavy atom. The van der Waals surface area contributed by atoms with Gasteiger partial charge in [0.05, 0.1) is 13.7 Å². The van der Waals surface area contributed by atoms with E-state index in [-0.39, 0.29) is 31.3 Å². The van der Waals surface area contributed by atoms with Crippen LogP contribution in [0.2, 0.25) is 0 Å². The maximum absolute atomic E-state index is 12.3. The first kappa shape index (κ1) is 19.2. The maximum atomic E-state index is 12.3. The molecule has 0 fully saturated rings. The van der Waals surface area contributed by atoms with Gasteiger partial charge >= 0.3 is 5.69 Å². The SMILES string of the molecule is COc1ccc(OCC(=O)NCCn2nc(-c3cccnc3)n(C)c2=O)cc1. The van der Waals surface area contributed by atoms with Crippen LogP contribution in [0.5, 0.6) is 11.5 Å². The van der Waals surface area contributed by atoms with Gasteiger partial charge in [0.25, 0.3) is 5.91 Å². The zero-order chi connectivity index (χ0) is 19.9. The minimum atomic E-state index is -0.285. The summed E-state index contributed by atoms with van der Waals surface area (Å²) in [6, 6.07) is 10.6. The van der Waals surface area contributed by atoms with Gasteiger partial charge in [-0.15, -0.1) is 5.10 Å². The summed E-state index contributed by atoms with van der Waals surface area (Å²) in [7, 11) is 3.23. The molecule has 0 saturated carbocycles. The first-order valence-corrected chi connectivity index (χ1v) is 8.66. The first-order chi connectivity index (χ1) is 13.6. The Labute approximate surface area is 161 Å². The molecular formula is C19H21N5O4. The van der Waals surface area contributed by atoms with Crippen molar-refractivity contribution in [2.75, 3.05) is 20.3 Å². The van der Waals surface area contributed by atoms with E-state index >= 15 is 0 Å². The van der Waals surface area contributed by atoms with E-state index in [4.69, 9.17) is 9.47 Å². The lowest BCUT2D eigenvalue weighted by Gasteiger charge is -2.08. The Kier molecular flexibility index (Phi) is 6.05. The van der Waals surface area contributed by atoms with Crippen LogP contribution in [0.1, 0.15) is 0 Å². The maximum Gasteiger partial charge on any atom is 0.345 e. The molecule has 0 saturated heterocycles. The number of nitrogens with zero attached hydrogens (tertiary/aromatic N) is 4. The number of aromatic nitrogens is 4. The molecule has 0 bridgehead atoms. The van der Waals surface area contributed by atoms with E-state index in [9.17, 15) is 9.59 Å². The average molecular weight is 383 g/mol. The molecule has 0 aliphatic heterocycles. The van der Waals surface area contributed by atoms with Crippen LogP contribution >= 0.6 is 0 Å². The number of pyridine rings is 1. The van der Waals surface area contributed by atoms with Gasteiger partial charge in [0, 0.05) is 31.5 Å². The van der Waals surface area contributed by atoms with Crippen molar-refractivity contribution in [1.29, 1.82) is 0 Å². The number of nitrogens with one attached hydrogen (secondary N) is 1. The number of ether oxygens (including phenoxy) is 2. The molecule has 2 heterocycles. The van der Waals surface area contributed by atoms with Crippen LogP contribution < -0.4 is 20.5 Å². The van der Waals surface area contributed by atoms with E-state index < -0.39 is 0 Å². The number of benzene rings is 1. The summed E-state index contributed by atoms with van der Waals surface area (Å²) in [4.78, 5) is 28.3. The molecule has 146 valence electrons. The molecule has 0 atom stereocenters. The summed E-state index contributed by atoms with van der Waals surface area (Å²) in [5.41, 5.74) is 0.486. The van der Waals surface area contributed by atoms with Crippen molar-refractivity contribution in [1.82, 2.24) is 24.6 Å². The third-order valence-corrected chi connectivity index (χ3v) is 4.04. The van der Waals surface area contributed by atoms with Crippen molar-refractivity contribution in [2.24, 2.45) is 7.05 Å². The quantitative estimate of drug-likeness (QED) is 0.619. The van der Waals surface area contributed by atoms with Gasteiger partial charge in [-0.1, -0.05) is 0 Å². The number of rotatable bonds is 8. The van der Waals surface area contributed by atoms with Crippen LogP contribution in [0.3, 0.4) is 0 Å². The van der Waals surface area contributed by atoms with Gasteiger partial charge in [0.1, 0.15) is 11.5 Å². The molecule has 28 heavy (non-hydrogen) atoms. The van der Waals surface area contributed by atoms with E-state index in [1.807, 2.05) is 6.07 Å². The standard InChI is InChI=1S/C19H21N5O4/c1-23-18(14-4-3-9-20-12-14)22-24(19(23)26)11-10-21-17(25)13-28-16-7-5-15(27-2)6-8-16/h3-9,12H,10-11,13H2,1-2H3,(H,21,25). The number of hydrogen-bond donors (Lipinski definition) is 1. The Bertz CT molecular complexity index is 980. The zero-order valence-corrected chi connectivity index (χ0v) is 15.7. The molecule has 0 radical (unpaired) electrons. The Morgan fingerprint density at radius 2 is 1.93 bits per heavy atom. The molecule has 3 rings (SSSR count). The molecule has 3 aromatic rings. The van der Waals surface area contributed by atoms with Crippen molar-refractivity contribution >= 4 is 5.91 Å². The molecule has 0 aliphatic carbocycles. The Morgan fingerprint density at radius 1 is 1.18 bits per heavy atom. The third kappa shape index (κ3) is 4.56. The second-order valence-electron chi connectivity index (χ2n) is 5.94. The fraction of sp³-hybridized carbons (Fsp3) is 0.263. The highest BCUT2D eigenvalue weighted by Gasteiger charge is 2.12. The van der Waals surface area contributed by atoms with Gasteiger partial charge < -0.3 is 14.8 Å². The fourth-order valence-electron chi connectivity index (χ4n) is 2.55. The second-order valence-corrected chi connectivity index (χ2v) is 5.94. The topological polar surface area (TPSA) is 100 Å². The van der Waals surface area contributed by atoms with Gasteiger partial charge in [0.15, 0.2) is 12.4 Å². The molecule has 1 N–H and O–H groups in total. The van der Waals surface area contributed by atoms with Gasteiger partial charge in [-0.2, -0.15) is 0 Å². The van der Waals surface area contributed by atoms with Gasteiger partial charge in [-0.05, 0) is 36.4 Å². The third-order valence-electron chi connectivity index (χ3n) is 4.04. The molecule has 0 spiro atoms. The summed E-state index contributed by atoms with van der Waals surface area (Å²) in [6.45, 7) is 0.389. The van der Waals surface area contributed by atoms with Crippen molar-refractivity contribution in [3.05, 3.63) is 59.3 Å². The number of carbonyl (C=O) groups is 1. The average Bonchev–Trinajstić information content (AvgIpc) is 3.02. The van der Waals surface area contributed by atoms with Crippen LogP contribution in [0, 0.1) is 0 Å². The normalized spacial score (nSPS) is 10.5. The predicted octanol–water partition coefficient (Wildman–Crippen LogP) is 0.848. The van der Waals surface area contributed by atoms with Crippen LogP contribution in [0.15, 0.2) is 53.6 Å². The number of hydrogen-bond acceptors (Lipinski definition) is 6. The van der Waals surface area contributed by atoms with Crippen LogP contribution in [-0.2, 0) is 18.4 Å². The van der Waals surface area contributed by atoms with E-state index in [0.717, 1.165) is 5.56 Å². The minimum Gasteiger partial charge on any atom is -0.497 e. The molecule has 1 aromatic carbocycles.